The first-order chi connectivity index (χ1) is 7.01. The Kier molecular flexibility index (Phi) is 5.97. The molecule has 0 aliphatic rings. The van der Waals surface area contributed by atoms with Crippen molar-refractivity contribution in [1.29, 1.82) is 0 Å². The van der Waals surface area contributed by atoms with Gasteiger partial charge in [-0.05, 0) is 12.8 Å². The third-order valence-corrected chi connectivity index (χ3v) is 2.86. The van der Waals surface area contributed by atoms with Gasteiger partial charge >= 0.3 is 0 Å². The van der Waals surface area contributed by atoms with E-state index in [0.717, 1.165) is 25.7 Å². The first kappa shape index (κ1) is 13.9. The number of nitrogens with two attached hydrogens (primary N) is 2. The minimum absolute atomic E-state index is 0.480. The fraction of sp³-hybridized carbons (Fsp3) is 0.818. The minimum Gasteiger partial charge on any atom is -0.369 e. The number of carbonyl (C=O) groups excluding carboxylic acids is 2. The monoisotopic (exact) mass is 214 g/mol. The molecule has 88 valence electrons. The Labute approximate surface area is 91.4 Å². The standard InChI is InChI=1S/C11H22N2O2/c1-3-5-7-11(9(12)14,10(13)15)8-6-4-2/h3-8H2,1-2H3,(H2,12,14)(H2,13,15). The van der Waals surface area contributed by atoms with Gasteiger partial charge in [0.05, 0.1) is 0 Å². The van der Waals surface area contributed by atoms with Gasteiger partial charge in [-0.1, -0.05) is 39.5 Å². The van der Waals surface area contributed by atoms with Crippen molar-refractivity contribution in [3.63, 3.8) is 0 Å². The van der Waals surface area contributed by atoms with Gasteiger partial charge in [0.1, 0.15) is 5.41 Å². The van der Waals surface area contributed by atoms with Crippen LogP contribution in [0.5, 0.6) is 0 Å². The molecule has 0 aromatic rings. The number of unbranched alkanes of at least 4 members (excludes halogenated alkanes) is 2. The maximum Gasteiger partial charge on any atom is 0.233 e. The largest absolute Gasteiger partial charge is 0.369 e. The number of hydrogen-bond acceptors (Lipinski definition) is 2. The fourth-order valence-corrected chi connectivity index (χ4v) is 1.70. The molecule has 0 radical (unpaired) electrons. The van der Waals surface area contributed by atoms with Crippen molar-refractivity contribution in [3.8, 4) is 0 Å². The van der Waals surface area contributed by atoms with E-state index in [1.165, 1.54) is 0 Å². The topological polar surface area (TPSA) is 86.2 Å². The highest BCUT2D eigenvalue weighted by Gasteiger charge is 2.41. The Morgan fingerprint density at radius 3 is 1.47 bits per heavy atom. The first-order valence-electron chi connectivity index (χ1n) is 5.61. The summed E-state index contributed by atoms with van der Waals surface area (Å²) >= 11 is 0. The van der Waals surface area contributed by atoms with Gasteiger partial charge in [-0.15, -0.1) is 0 Å². The molecule has 0 spiro atoms. The van der Waals surface area contributed by atoms with E-state index in [4.69, 9.17) is 11.5 Å². The van der Waals surface area contributed by atoms with E-state index in [2.05, 4.69) is 0 Å². The first-order valence-corrected chi connectivity index (χ1v) is 5.61. The van der Waals surface area contributed by atoms with Crippen LogP contribution in [-0.2, 0) is 9.59 Å². The molecule has 0 bridgehead atoms. The molecule has 4 N–H and O–H groups in total. The zero-order valence-electron chi connectivity index (χ0n) is 9.71. The van der Waals surface area contributed by atoms with E-state index >= 15 is 0 Å². The van der Waals surface area contributed by atoms with Crippen LogP contribution in [0.3, 0.4) is 0 Å². The third-order valence-electron chi connectivity index (χ3n) is 2.86. The van der Waals surface area contributed by atoms with E-state index in [9.17, 15) is 9.59 Å². The summed E-state index contributed by atoms with van der Waals surface area (Å²) in [6, 6.07) is 0. The lowest BCUT2D eigenvalue weighted by molar-refractivity contribution is -0.141. The van der Waals surface area contributed by atoms with Crippen molar-refractivity contribution < 1.29 is 9.59 Å². The number of amides is 2. The molecule has 0 unspecified atom stereocenters. The van der Waals surface area contributed by atoms with Gasteiger partial charge in [-0.2, -0.15) is 0 Å². The van der Waals surface area contributed by atoms with Crippen LogP contribution in [0, 0.1) is 5.41 Å². The molecule has 0 aromatic carbocycles. The van der Waals surface area contributed by atoms with Crippen LogP contribution < -0.4 is 11.5 Å². The van der Waals surface area contributed by atoms with E-state index in [1.54, 1.807) is 0 Å². The summed E-state index contributed by atoms with van der Waals surface area (Å²) in [5.41, 5.74) is 9.51. The van der Waals surface area contributed by atoms with Crippen LogP contribution in [0.25, 0.3) is 0 Å². The summed E-state index contributed by atoms with van der Waals surface area (Å²) in [4.78, 5) is 22.8. The Balaban J connectivity index is 4.73. The molecule has 0 rings (SSSR count). The SMILES string of the molecule is CCCCC(CCCC)(C(N)=O)C(N)=O. The maximum absolute atomic E-state index is 11.4. The second-order valence-corrected chi connectivity index (χ2v) is 4.02. The van der Waals surface area contributed by atoms with Crippen molar-refractivity contribution in [2.24, 2.45) is 16.9 Å². The van der Waals surface area contributed by atoms with Gasteiger partial charge < -0.3 is 11.5 Å². The molecule has 0 aliphatic carbocycles. The predicted octanol–water partition coefficient (Wildman–Crippen LogP) is 1.32. The lowest BCUT2D eigenvalue weighted by Crippen LogP contribution is -2.47. The van der Waals surface area contributed by atoms with Crippen LogP contribution in [-0.4, -0.2) is 11.8 Å². The highest BCUT2D eigenvalue weighted by molar-refractivity contribution is 6.03. The second-order valence-electron chi connectivity index (χ2n) is 4.02. The van der Waals surface area contributed by atoms with Gasteiger partial charge in [-0.25, -0.2) is 0 Å². The van der Waals surface area contributed by atoms with Crippen LogP contribution in [0.1, 0.15) is 52.4 Å². The minimum atomic E-state index is -1.12. The maximum atomic E-state index is 11.4. The normalized spacial score (nSPS) is 11.3. The fourth-order valence-electron chi connectivity index (χ4n) is 1.70. The molecular formula is C11H22N2O2. The molecule has 0 aliphatic heterocycles. The molecule has 0 saturated heterocycles. The quantitative estimate of drug-likeness (QED) is 0.597. The Bertz CT molecular complexity index is 203. The van der Waals surface area contributed by atoms with Crippen LogP contribution in [0.2, 0.25) is 0 Å². The van der Waals surface area contributed by atoms with Gasteiger partial charge in [0.2, 0.25) is 11.8 Å². The number of rotatable bonds is 8. The van der Waals surface area contributed by atoms with Crippen LogP contribution in [0.15, 0.2) is 0 Å². The summed E-state index contributed by atoms with van der Waals surface area (Å²) in [6.07, 6.45) is 4.41. The summed E-state index contributed by atoms with van der Waals surface area (Å²) in [7, 11) is 0. The van der Waals surface area contributed by atoms with Gasteiger partial charge in [0, 0.05) is 0 Å². The van der Waals surface area contributed by atoms with Crippen molar-refractivity contribution in [3.05, 3.63) is 0 Å². The average molecular weight is 214 g/mol. The molecule has 4 nitrogen and oxygen atoms in total. The zero-order valence-corrected chi connectivity index (χ0v) is 9.71. The summed E-state index contributed by atoms with van der Waals surface area (Å²) in [6.45, 7) is 4.01. The van der Waals surface area contributed by atoms with E-state index in [-0.39, 0.29) is 0 Å². The van der Waals surface area contributed by atoms with Gasteiger partial charge in [0.25, 0.3) is 0 Å². The van der Waals surface area contributed by atoms with Crippen molar-refractivity contribution in [2.45, 2.75) is 52.4 Å². The molecule has 0 heterocycles. The van der Waals surface area contributed by atoms with Gasteiger partial charge in [-0.3, -0.25) is 9.59 Å². The number of hydrogen-bond donors (Lipinski definition) is 2. The average Bonchev–Trinajstić information content (AvgIpc) is 2.17. The molecular weight excluding hydrogens is 192 g/mol. The Hall–Kier alpha value is -1.06. The molecule has 2 amide bonds. The van der Waals surface area contributed by atoms with Gasteiger partial charge in [0.15, 0.2) is 0 Å². The molecule has 0 saturated carbocycles. The highest BCUT2D eigenvalue weighted by Crippen LogP contribution is 2.30. The van der Waals surface area contributed by atoms with E-state index < -0.39 is 17.2 Å². The van der Waals surface area contributed by atoms with Crippen molar-refractivity contribution in [1.82, 2.24) is 0 Å². The molecule has 0 fully saturated rings. The second kappa shape index (κ2) is 6.43. The third kappa shape index (κ3) is 3.53. The number of carbonyl (C=O) groups is 2. The van der Waals surface area contributed by atoms with Crippen molar-refractivity contribution >= 4 is 11.8 Å². The molecule has 4 heteroatoms. The van der Waals surface area contributed by atoms with E-state index in [1.807, 2.05) is 13.8 Å². The molecule has 0 aromatic heterocycles. The Morgan fingerprint density at radius 1 is 0.933 bits per heavy atom. The molecule has 15 heavy (non-hydrogen) atoms. The zero-order chi connectivity index (χ0) is 11.9. The smallest absolute Gasteiger partial charge is 0.233 e. The van der Waals surface area contributed by atoms with Crippen LogP contribution in [0.4, 0.5) is 0 Å². The Morgan fingerprint density at radius 2 is 1.27 bits per heavy atom. The highest BCUT2D eigenvalue weighted by atomic mass is 16.2. The van der Waals surface area contributed by atoms with E-state index in [0.29, 0.717) is 12.8 Å². The van der Waals surface area contributed by atoms with Crippen LogP contribution >= 0.6 is 0 Å². The predicted molar refractivity (Wildman–Crippen MR) is 59.9 cm³/mol. The summed E-state index contributed by atoms with van der Waals surface area (Å²) < 4.78 is 0. The summed E-state index contributed by atoms with van der Waals surface area (Å²) in [5.74, 6) is -1.14. The van der Waals surface area contributed by atoms with Crippen molar-refractivity contribution in [2.75, 3.05) is 0 Å². The lowest BCUT2D eigenvalue weighted by atomic mass is 9.77. The summed E-state index contributed by atoms with van der Waals surface area (Å²) in [5, 5.41) is 0. The molecule has 0 atom stereocenters. The number of primary amides is 2. The lowest BCUT2D eigenvalue weighted by Gasteiger charge is -2.26.